The minimum Gasteiger partial charge on any atom is -0.478 e. The molecule has 5 nitrogen and oxygen atoms in total. The Balaban J connectivity index is 2.38. The van der Waals surface area contributed by atoms with E-state index in [9.17, 15) is 9.59 Å². The maximum Gasteiger partial charge on any atom is 0.335 e. The fraction of sp³-hybridized carbons (Fsp3) is 0.438. The molecule has 1 aliphatic rings. The van der Waals surface area contributed by atoms with Crippen LogP contribution in [0.4, 0.5) is 5.69 Å². The van der Waals surface area contributed by atoms with Gasteiger partial charge in [-0.3, -0.25) is 4.79 Å². The fourth-order valence-corrected chi connectivity index (χ4v) is 2.46. The van der Waals surface area contributed by atoms with Crippen LogP contribution in [0.15, 0.2) is 23.2 Å². The number of aliphatic imine (C=N–C) groups is 1. The summed E-state index contributed by atoms with van der Waals surface area (Å²) in [7, 11) is 1.99. The van der Waals surface area contributed by atoms with Gasteiger partial charge in [-0.25, -0.2) is 9.79 Å². The van der Waals surface area contributed by atoms with Gasteiger partial charge in [0.2, 0.25) is 0 Å². The third-order valence-electron chi connectivity index (χ3n) is 3.74. The number of carboxylic acid groups (broad SMARTS) is 1. The summed E-state index contributed by atoms with van der Waals surface area (Å²) in [5.74, 6) is -0.0970. The van der Waals surface area contributed by atoms with Gasteiger partial charge < -0.3 is 10.0 Å². The molecule has 0 aliphatic carbocycles. The predicted octanol–water partition coefficient (Wildman–Crippen LogP) is 3.12. The van der Waals surface area contributed by atoms with Gasteiger partial charge in [0.25, 0.3) is 0 Å². The van der Waals surface area contributed by atoms with Gasteiger partial charge in [0.1, 0.15) is 5.84 Å². The van der Waals surface area contributed by atoms with Crippen molar-refractivity contribution in [3.63, 3.8) is 0 Å². The molecule has 2 rings (SSSR count). The van der Waals surface area contributed by atoms with Gasteiger partial charge in [-0.2, -0.15) is 0 Å². The molecule has 0 spiro atoms. The number of carboxylic acids is 1. The molecular formula is C16H20N2O3. The SMILES string of the molecule is CN1CCCCCCC1=Nc1cc(C(=O)O)ccc1C=O. The molecule has 5 heteroatoms. The Bertz CT molecular complexity index is 567. The lowest BCUT2D eigenvalue weighted by Gasteiger charge is -2.24. The first-order valence-corrected chi connectivity index (χ1v) is 7.23. The second kappa shape index (κ2) is 7.02. The predicted molar refractivity (Wildman–Crippen MR) is 81.6 cm³/mol. The van der Waals surface area contributed by atoms with E-state index in [0.29, 0.717) is 17.5 Å². The standard InChI is InChI=1S/C16H20N2O3/c1-18-9-5-3-2-4-6-15(18)17-14-10-12(16(20)21)7-8-13(14)11-19/h7-8,10-11H,2-6,9H2,1H3,(H,20,21). The summed E-state index contributed by atoms with van der Waals surface area (Å²) in [6.45, 7) is 0.938. The first-order valence-electron chi connectivity index (χ1n) is 7.23. The van der Waals surface area contributed by atoms with Gasteiger partial charge in [0.15, 0.2) is 6.29 Å². The summed E-state index contributed by atoms with van der Waals surface area (Å²) in [6.07, 6.45) is 6.18. The minimum atomic E-state index is -1.01. The van der Waals surface area contributed by atoms with E-state index in [1.807, 2.05) is 7.05 Å². The lowest BCUT2D eigenvalue weighted by atomic mass is 10.1. The first-order chi connectivity index (χ1) is 10.1. The fourth-order valence-electron chi connectivity index (χ4n) is 2.46. The molecule has 0 amide bonds. The Morgan fingerprint density at radius 2 is 2.05 bits per heavy atom. The van der Waals surface area contributed by atoms with Crippen molar-refractivity contribution >= 4 is 23.8 Å². The van der Waals surface area contributed by atoms with Crippen LogP contribution in [0.2, 0.25) is 0 Å². The molecule has 1 heterocycles. The summed E-state index contributed by atoms with van der Waals surface area (Å²) >= 11 is 0. The number of hydrogen-bond donors (Lipinski definition) is 1. The Morgan fingerprint density at radius 3 is 2.76 bits per heavy atom. The number of likely N-dealkylation sites (tertiary alicyclic amines) is 1. The number of amidine groups is 1. The van der Waals surface area contributed by atoms with E-state index in [4.69, 9.17) is 5.11 Å². The highest BCUT2D eigenvalue weighted by Gasteiger charge is 2.13. The van der Waals surface area contributed by atoms with Crippen LogP contribution in [-0.2, 0) is 0 Å². The zero-order valence-corrected chi connectivity index (χ0v) is 12.2. The Hall–Kier alpha value is -2.17. The lowest BCUT2D eigenvalue weighted by molar-refractivity contribution is 0.0696. The van der Waals surface area contributed by atoms with E-state index in [-0.39, 0.29) is 5.56 Å². The van der Waals surface area contributed by atoms with Crippen molar-refractivity contribution in [3.8, 4) is 0 Å². The zero-order chi connectivity index (χ0) is 15.2. The lowest BCUT2D eigenvalue weighted by Crippen LogP contribution is -2.28. The molecule has 112 valence electrons. The number of benzene rings is 1. The smallest absolute Gasteiger partial charge is 0.335 e. The molecular weight excluding hydrogens is 268 g/mol. The Labute approximate surface area is 124 Å². The van der Waals surface area contributed by atoms with E-state index in [0.717, 1.165) is 31.6 Å². The van der Waals surface area contributed by atoms with E-state index < -0.39 is 5.97 Å². The van der Waals surface area contributed by atoms with Gasteiger partial charge in [-0.15, -0.1) is 0 Å². The molecule has 0 atom stereocenters. The van der Waals surface area contributed by atoms with Crippen LogP contribution in [-0.4, -0.2) is 41.7 Å². The highest BCUT2D eigenvalue weighted by molar-refractivity contribution is 5.94. The number of aldehydes is 1. The third kappa shape index (κ3) is 3.90. The van der Waals surface area contributed by atoms with E-state index in [2.05, 4.69) is 9.89 Å². The molecule has 0 aromatic heterocycles. The van der Waals surface area contributed by atoms with E-state index in [1.165, 1.54) is 31.0 Å². The van der Waals surface area contributed by atoms with Gasteiger partial charge in [-0.1, -0.05) is 12.8 Å². The number of hydrogen-bond acceptors (Lipinski definition) is 3. The van der Waals surface area contributed by atoms with Crippen LogP contribution >= 0.6 is 0 Å². The summed E-state index contributed by atoms with van der Waals surface area (Å²) in [5, 5.41) is 9.07. The highest BCUT2D eigenvalue weighted by Crippen LogP contribution is 2.22. The van der Waals surface area contributed by atoms with Crippen molar-refractivity contribution in [2.24, 2.45) is 4.99 Å². The number of carbonyl (C=O) groups excluding carboxylic acids is 1. The molecule has 0 unspecified atom stereocenters. The molecule has 1 N–H and O–H groups in total. The van der Waals surface area contributed by atoms with Crippen LogP contribution in [0, 0.1) is 0 Å². The first kappa shape index (κ1) is 15.2. The maximum absolute atomic E-state index is 11.1. The van der Waals surface area contributed by atoms with Gasteiger partial charge in [0, 0.05) is 25.6 Å². The molecule has 1 aliphatic heterocycles. The Kier molecular flexibility index (Phi) is 5.09. The normalized spacial score (nSPS) is 18.1. The largest absolute Gasteiger partial charge is 0.478 e. The van der Waals surface area contributed by atoms with E-state index in [1.54, 1.807) is 0 Å². The zero-order valence-electron chi connectivity index (χ0n) is 12.2. The van der Waals surface area contributed by atoms with Gasteiger partial charge >= 0.3 is 5.97 Å². The quantitative estimate of drug-likeness (QED) is 0.867. The number of carbonyl (C=O) groups is 2. The summed E-state index contributed by atoms with van der Waals surface area (Å²) in [6, 6.07) is 4.40. The number of nitrogens with zero attached hydrogens (tertiary/aromatic N) is 2. The van der Waals surface area contributed by atoms with Crippen molar-refractivity contribution in [2.45, 2.75) is 32.1 Å². The second-order valence-electron chi connectivity index (χ2n) is 5.31. The molecule has 21 heavy (non-hydrogen) atoms. The van der Waals surface area contributed by atoms with Crippen molar-refractivity contribution in [1.82, 2.24) is 4.90 Å². The molecule has 0 radical (unpaired) electrons. The number of rotatable bonds is 3. The average Bonchev–Trinajstić information content (AvgIpc) is 2.46. The van der Waals surface area contributed by atoms with Crippen LogP contribution in [0.1, 0.15) is 52.8 Å². The second-order valence-corrected chi connectivity index (χ2v) is 5.31. The average molecular weight is 288 g/mol. The molecule has 1 aromatic carbocycles. The monoisotopic (exact) mass is 288 g/mol. The van der Waals surface area contributed by atoms with Crippen molar-refractivity contribution in [2.75, 3.05) is 13.6 Å². The summed E-state index contributed by atoms with van der Waals surface area (Å²) < 4.78 is 0. The van der Waals surface area contributed by atoms with Crippen molar-refractivity contribution in [1.29, 1.82) is 0 Å². The molecule has 1 fully saturated rings. The molecule has 1 aromatic rings. The number of aromatic carboxylic acids is 1. The van der Waals surface area contributed by atoms with Gasteiger partial charge in [-0.05, 0) is 31.0 Å². The van der Waals surface area contributed by atoms with E-state index >= 15 is 0 Å². The topological polar surface area (TPSA) is 70.0 Å². The van der Waals surface area contributed by atoms with Crippen LogP contribution in [0.5, 0.6) is 0 Å². The maximum atomic E-state index is 11.1. The summed E-state index contributed by atoms with van der Waals surface area (Å²) in [5.41, 5.74) is 1.00. The summed E-state index contributed by atoms with van der Waals surface area (Å²) in [4.78, 5) is 28.8. The highest BCUT2D eigenvalue weighted by atomic mass is 16.4. The van der Waals surface area contributed by atoms with Gasteiger partial charge in [0.05, 0.1) is 11.3 Å². The van der Waals surface area contributed by atoms with Crippen LogP contribution < -0.4 is 0 Å². The van der Waals surface area contributed by atoms with Crippen LogP contribution in [0.3, 0.4) is 0 Å². The van der Waals surface area contributed by atoms with Crippen LogP contribution in [0.25, 0.3) is 0 Å². The molecule has 1 saturated heterocycles. The van der Waals surface area contributed by atoms with Crippen molar-refractivity contribution < 1.29 is 14.7 Å². The molecule has 0 saturated carbocycles. The third-order valence-corrected chi connectivity index (χ3v) is 3.74. The Morgan fingerprint density at radius 1 is 1.29 bits per heavy atom. The van der Waals surface area contributed by atoms with Crippen molar-refractivity contribution in [3.05, 3.63) is 29.3 Å². The minimum absolute atomic E-state index is 0.147. The molecule has 0 bridgehead atoms.